The van der Waals surface area contributed by atoms with Gasteiger partial charge in [0.15, 0.2) is 5.65 Å². The van der Waals surface area contributed by atoms with Crippen LogP contribution in [0.4, 0.5) is 10.2 Å². The molecule has 0 saturated carbocycles. The fourth-order valence-electron chi connectivity index (χ4n) is 4.51. The second kappa shape index (κ2) is 9.24. The number of piperazine rings is 1. The Balaban J connectivity index is 1.55. The summed E-state index contributed by atoms with van der Waals surface area (Å²) in [5.74, 6) is 1.04. The van der Waals surface area contributed by atoms with Gasteiger partial charge in [-0.15, -0.1) is 5.10 Å². The van der Waals surface area contributed by atoms with Crippen LogP contribution < -0.4 is 9.64 Å². The fourth-order valence-corrected chi connectivity index (χ4v) is 4.51. The Labute approximate surface area is 203 Å². The number of rotatable bonds is 6. The van der Waals surface area contributed by atoms with Crippen molar-refractivity contribution >= 4 is 11.5 Å². The third-order valence-corrected chi connectivity index (χ3v) is 6.11. The number of anilines is 1. The van der Waals surface area contributed by atoms with Gasteiger partial charge in [-0.1, -0.05) is 0 Å². The average Bonchev–Trinajstić information content (AvgIpc) is 3.23. The molecule has 0 atom stereocenters. The van der Waals surface area contributed by atoms with E-state index < -0.39 is 5.60 Å². The van der Waals surface area contributed by atoms with E-state index in [0.717, 1.165) is 48.8 Å². The number of hydrogen-bond donors (Lipinski definition) is 1. The number of methoxy groups -OCH3 is 1. The van der Waals surface area contributed by atoms with Gasteiger partial charge in [0.2, 0.25) is 5.88 Å². The molecular formula is C26H29FN6O2. The van der Waals surface area contributed by atoms with Crippen molar-refractivity contribution in [3.63, 3.8) is 0 Å². The summed E-state index contributed by atoms with van der Waals surface area (Å²) in [7, 11) is 1.58. The van der Waals surface area contributed by atoms with Crippen molar-refractivity contribution in [2.45, 2.75) is 19.4 Å². The lowest BCUT2D eigenvalue weighted by molar-refractivity contribution is 0.0344. The first kappa shape index (κ1) is 23.2. The molecule has 1 aliphatic rings. The van der Waals surface area contributed by atoms with E-state index in [1.807, 2.05) is 42.6 Å². The molecule has 0 amide bonds. The summed E-state index contributed by atoms with van der Waals surface area (Å²) in [4.78, 5) is 13.6. The molecule has 1 fully saturated rings. The minimum Gasteiger partial charge on any atom is -0.481 e. The number of aromatic nitrogens is 4. The predicted octanol–water partition coefficient (Wildman–Crippen LogP) is 3.50. The molecule has 8 nitrogen and oxygen atoms in total. The third kappa shape index (κ3) is 4.96. The molecule has 1 aromatic carbocycles. The maximum absolute atomic E-state index is 13.6. The van der Waals surface area contributed by atoms with E-state index >= 15 is 0 Å². The molecule has 0 bridgehead atoms. The highest BCUT2D eigenvalue weighted by Crippen LogP contribution is 2.34. The molecule has 0 unspecified atom stereocenters. The van der Waals surface area contributed by atoms with Crippen LogP contribution >= 0.6 is 0 Å². The van der Waals surface area contributed by atoms with E-state index in [9.17, 15) is 9.50 Å². The van der Waals surface area contributed by atoms with Gasteiger partial charge < -0.3 is 14.7 Å². The van der Waals surface area contributed by atoms with Gasteiger partial charge in [-0.2, -0.15) is 0 Å². The lowest BCUT2D eigenvalue weighted by atomic mass is 10.1. The van der Waals surface area contributed by atoms with Gasteiger partial charge in [0.1, 0.15) is 17.3 Å². The van der Waals surface area contributed by atoms with Crippen LogP contribution in [0.3, 0.4) is 0 Å². The molecule has 1 aliphatic heterocycles. The number of benzene rings is 1. The Kier molecular flexibility index (Phi) is 6.12. The second-order valence-electron chi connectivity index (χ2n) is 9.44. The van der Waals surface area contributed by atoms with Crippen LogP contribution in [0.15, 0.2) is 54.7 Å². The van der Waals surface area contributed by atoms with Crippen LogP contribution in [0.2, 0.25) is 0 Å². The molecule has 4 aromatic rings. The number of imidazole rings is 1. The van der Waals surface area contributed by atoms with Gasteiger partial charge in [0, 0.05) is 56.1 Å². The summed E-state index contributed by atoms with van der Waals surface area (Å²) in [6.07, 6.45) is 1.69. The first-order chi connectivity index (χ1) is 16.8. The maximum atomic E-state index is 13.6. The number of β-amino-alcohol motifs (C(OH)–C–C–N with tert-alkyl or cyclic N) is 1. The Bertz CT molecular complexity index is 1320. The Morgan fingerprint density at radius 1 is 1.00 bits per heavy atom. The zero-order chi connectivity index (χ0) is 24.6. The Morgan fingerprint density at radius 2 is 1.74 bits per heavy atom. The van der Waals surface area contributed by atoms with Crippen LogP contribution in [0.5, 0.6) is 5.88 Å². The van der Waals surface area contributed by atoms with E-state index in [-0.39, 0.29) is 5.82 Å². The molecule has 3 aromatic heterocycles. The van der Waals surface area contributed by atoms with Crippen molar-refractivity contribution in [3.8, 4) is 28.4 Å². The largest absolute Gasteiger partial charge is 0.481 e. The van der Waals surface area contributed by atoms with E-state index in [1.165, 1.54) is 12.1 Å². The zero-order valence-corrected chi connectivity index (χ0v) is 20.1. The van der Waals surface area contributed by atoms with Crippen molar-refractivity contribution in [2.75, 3.05) is 44.7 Å². The quantitative estimate of drug-likeness (QED) is 0.456. The summed E-state index contributed by atoms with van der Waals surface area (Å²) >= 11 is 0. The van der Waals surface area contributed by atoms with Gasteiger partial charge in [-0.05, 0) is 56.3 Å². The highest BCUT2D eigenvalue weighted by atomic mass is 19.1. The number of halogens is 1. The molecule has 182 valence electrons. The lowest BCUT2D eigenvalue weighted by Crippen LogP contribution is -2.50. The first-order valence-electron chi connectivity index (χ1n) is 11.7. The topological polar surface area (TPSA) is 79.0 Å². The van der Waals surface area contributed by atoms with Crippen molar-refractivity contribution in [1.82, 2.24) is 24.5 Å². The maximum Gasteiger partial charge on any atom is 0.213 e. The second-order valence-corrected chi connectivity index (χ2v) is 9.44. The van der Waals surface area contributed by atoms with Crippen LogP contribution in [-0.2, 0) is 0 Å². The summed E-state index contributed by atoms with van der Waals surface area (Å²) in [5, 5.41) is 15.1. The standard InChI is InChI=1S/C26H29FN6O2/c1-26(2,34)17-31-12-14-32(15-13-31)22-9-8-21-29-24(18-4-6-20(27)7-5-18)25(33(21)30-22)19-10-11-28-23(16-19)35-3/h4-11,16,34H,12-15,17H2,1-3H3. The van der Waals surface area contributed by atoms with Crippen molar-refractivity contribution in [3.05, 3.63) is 60.5 Å². The Morgan fingerprint density at radius 3 is 2.43 bits per heavy atom. The molecule has 1 N–H and O–H groups in total. The first-order valence-corrected chi connectivity index (χ1v) is 11.7. The molecule has 35 heavy (non-hydrogen) atoms. The van der Waals surface area contributed by atoms with Gasteiger partial charge in [-0.3, -0.25) is 4.90 Å². The molecule has 9 heteroatoms. The van der Waals surface area contributed by atoms with E-state index in [4.69, 9.17) is 14.8 Å². The van der Waals surface area contributed by atoms with Crippen LogP contribution in [0.25, 0.3) is 28.2 Å². The minimum absolute atomic E-state index is 0.297. The molecule has 5 rings (SSSR count). The lowest BCUT2D eigenvalue weighted by Gasteiger charge is -2.37. The van der Waals surface area contributed by atoms with Gasteiger partial charge in [0.25, 0.3) is 0 Å². The third-order valence-electron chi connectivity index (χ3n) is 6.11. The highest BCUT2D eigenvalue weighted by molar-refractivity contribution is 5.82. The summed E-state index contributed by atoms with van der Waals surface area (Å²) in [6, 6.07) is 14.0. The average molecular weight is 477 g/mol. The normalized spacial score (nSPS) is 15.1. The van der Waals surface area contributed by atoms with Gasteiger partial charge in [-0.25, -0.2) is 18.9 Å². The predicted molar refractivity (Wildman–Crippen MR) is 133 cm³/mol. The van der Waals surface area contributed by atoms with Crippen LogP contribution in [0.1, 0.15) is 13.8 Å². The number of pyridine rings is 1. The number of aliphatic hydroxyl groups is 1. The number of hydrogen-bond acceptors (Lipinski definition) is 7. The molecule has 4 heterocycles. The zero-order valence-electron chi connectivity index (χ0n) is 20.1. The SMILES string of the molecule is COc1cc(-c2c(-c3ccc(F)cc3)nc3ccc(N4CCN(CC(C)(C)O)CC4)nn23)ccn1. The molecule has 0 radical (unpaired) electrons. The molecule has 0 spiro atoms. The monoisotopic (exact) mass is 476 g/mol. The Hall–Kier alpha value is -3.56. The molecular weight excluding hydrogens is 447 g/mol. The van der Waals surface area contributed by atoms with Gasteiger partial charge in [0.05, 0.1) is 18.4 Å². The van der Waals surface area contributed by atoms with E-state index in [2.05, 4.69) is 14.8 Å². The van der Waals surface area contributed by atoms with E-state index in [0.29, 0.717) is 23.8 Å². The van der Waals surface area contributed by atoms with Crippen molar-refractivity contribution < 1.29 is 14.2 Å². The minimum atomic E-state index is -0.715. The highest BCUT2D eigenvalue weighted by Gasteiger charge is 2.24. The summed E-state index contributed by atoms with van der Waals surface area (Å²) < 4.78 is 20.8. The smallest absolute Gasteiger partial charge is 0.213 e. The van der Waals surface area contributed by atoms with Gasteiger partial charge >= 0.3 is 0 Å². The fraction of sp³-hybridized carbons (Fsp3) is 0.346. The van der Waals surface area contributed by atoms with Crippen molar-refractivity contribution in [2.24, 2.45) is 0 Å². The number of nitrogens with zero attached hydrogens (tertiary/aromatic N) is 6. The summed E-state index contributed by atoms with van der Waals surface area (Å²) in [6.45, 7) is 7.64. The van der Waals surface area contributed by atoms with Crippen LogP contribution in [-0.4, -0.2) is 75.0 Å². The molecule has 0 aliphatic carbocycles. The van der Waals surface area contributed by atoms with Crippen molar-refractivity contribution in [1.29, 1.82) is 0 Å². The molecule has 1 saturated heterocycles. The van der Waals surface area contributed by atoms with Crippen LogP contribution in [0, 0.1) is 5.82 Å². The number of fused-ring (bicyclic) bond motifs is 1. The number of ether oxygens (including phenoxy) is 1. The van der Waals surface area contributed by atoms with E-state index in [1.54, 1.807) is 25.4 Å². The summed E-state index contributed by atoms with van der Waals surface area (Å²) in [5.41, 5.74) is 3.12.